The fraction of sp³-hybridized carbons (Fsp3) is 0.0909. The number of carbonyl (C=O) groups is 1. The highest BCUT2D eigenvalue weighted by molar-refractivity contribution is 6.04. The number of anilines is 2. The van der Waals surface area contributed by atoms with Crippen LogP contribution in [-0.4, -0.2) is 11.7 Å². The van der Waals surface area contributed by atoms with Crippen molar-refractivity contribution in [2.75, 3.05) is 10.7 Å². The minimum atomic E-state index is -0.354. The number of nitrogens with zero attached hydrogens (tertiary/aromatic N) is 2. The molecule has 4 rings (SSSR count). The van der Waals surface area contributed by atoms with Crippen molar-refractivity contribution >= 4 is 23.1 Å². The summed E-state index contributed by atoms with van der Waals surface area (Å²) >= 11 is 0. The molecule has 0 saturated heterocycles. The number of allylic oxidation sites excluding steroid dienone is 1. The molecule has 7 heteroatoms. The molecular weight excluding hydrogens is 498 g/mol. The van der Waals surface area contributed by atoms with Gasteiger partial charge < -0.3 is 15.8 Å². The van der Waals surface area contributed by atoms with E-state index in [4.69, 9.17) is 21.3 Å². The Balaban J connectivity index is 1.39. The normalized spacial score (nSPS) is 11.6. The smallest absolute Gasteiger partial charge is 0.265 e. The van der Waals surface area contributed by atoms with Gasteiger partial charge in [0.15, 0.2) is 0 Å². The van der Waals surface area contributed by atoms with Gasteiger partial charge in [0.25, 0.3) is 5.91 Å². The third-order valence-electron chi connectivity index (χ3n) is 5.97. The van der Waals surface area contributed by atoms with Crippen molar-refractivity contribution < 1.29 is 9.53 Å². The number of benzene rings is 4. The van der Waals surface area contributed by atoms with Gasteiger partial charge in [0, 0.05) is 29.4 Å². The highest BCUT2D eigenvalue weighted by atomic mass is 16.5. The minimum Gasteiger partial charge on any atom is -0.457 e. The summed E-state index contributed by atoms with van der Waals surface area (Å²) in [4.78, 5) is 17.6. The fourth-order valence-corrected chi connectivity index (χ4v) is 3.96. The summed E-state index contributed by atoms with van der Waals surface area (Å²) in [6.07, 6.45) is 1.92. The van der Waals surface area contributed by atoms with Crippen LogP contribution in [0.2, 0.25) is 0 Å². The predicted molar refractivity (Wildman–Crippen MR) is 163 cm³/mol. The number of amides is 1. The molecule has 4 aromatic rings. The van der Waals surface area contributed by atoms with Crippen LogP contribution in [-0.2, 0) is 11.3 Å². The number of hydrogen-bond donors (Lipinski definition) is 3. The third kappa shape index (κ3) is 7.93. The Morgan fingerprint density at radius 2 is 1.50 bits per heavy atom. The van der Waals surface area contributed by atoms with Crippen LogP contribution in [0.1, 0.15) is 24.5 Å². The SMILES string of the molecule is C=C(C/C(C)=C\C(=O)N(N)c1ccc(Oc2ccccc2)cc1)NC(=NCc1ccccc1)c1ccccc1N. The average Bonchev–Trinajstić information content (AvgIpc) is 2.96. The first-order valence-electron chi connectivity index (χ1n) is 12.9. The van der Waals surface area contributed by atoms with E-state index in [1.54, 1.807) is 24.3 Å². The zero-order valence-electron chi connectivity index (χ0n) is 22.5. The molecular formula is C33H33N5O2. The molecule has 0 radical (unpaired) electrons. The molecule has 0 spiro atoms. The van der Waals surface area contributed by atoms with Crippen LogP contribution in [0.25, 0.3) is 0 Å². The fourth-order valence-electron chi connectivity index (χ4n) is 3.96. The molecule has 0 atom stereocenters. The first-order chi connectivity index (χ1) is 19.4. The highest BCUT2D eigenvalue weighted by Crippen LogP contribution is 2.24. The van der Waals surface area contributed by atoms with Crippen molar-refractivity contribution in [2.45, 2.75) is 19.9 Å². The number of nitrogen functional groups attached to an aromatic ring is 1. The number of aliphatic imine (C=N–C) groups is 1. The molecule has 5 N–H and O–H groups in total. The van der Waals surface area contributed by atoms with E-state index in [2.05, 4.69) is 11.9 Å². The number of hydrogen-bond acceptors (Lipinski definition) is 5. The lowest BCUT2D eigenvalue weighted by molar-refractivity contribution is -0.114. The number of nitrogens with one attached hydrogen (secondary N) is 1. The highest BCUT2D eigenvalue weighted by Gasteiger charge is 2.12. The van der Waals surface area contributed by atoms with Crippen molar-refractivity contribution in [1.82, 2.24) is 5.32 Å². The minimum absolute atomic E-state index is 0.354. The van der Waals surface area contributed by atoms with E-state index in [0.29, 0.717) is 41.6 Å². The van der Waals surface area contributed by atoms with Gasteiger partial charge in [-0.15, -0.1) is 0 Å². The van der Waals surface area contributed by atoms with E-state index in [0.717, 1.165) is 27.5 Å². The van der Waals surface area contributed by atoms with Crippen LogP contribution < -0.4 is 26.6 Å². The van der Waals surface area contributed by atoms with Crippen LogP contribution in [0, 0.1) is 0 Å². The van der Waals surface area contributed by atoms with E-state index in [1.807, 2.05) is 91.9 Å². The van der Waals surface area contributed by atoms with Gasteiger partial charge in [-0.25, -0.2) is 10.9 Å². The number of para-hydroxylation sites is 2. The van der Waals surface area contributed by atoms with E-state index in [9.17, 15) is 4.79 Å². The standard InChI is InChI=1S/C33H33N5O2/c1-24(22-32(39)38(35)27-17-19-29(20-18-27)40-28-13-7-4-8-14-28)21-25(2)37-33(30-15-9-10-16-31(30)34)36-23-26-11-5-3-6-12-26/h3-20,22H,2,21,23,34-35H2,1H3,(H,36,37)/b24-22-. The average molecular weight is 532 g/mol. The van der Waals surface area contributed by atoms with Crippen LogP contribution in [0.15, 0.2) is 138 Å². The number of carbonyl (C=O) groups excluding carboxylic acids is 1. The molecule has 0 heterocycles. The molecule has 0 saturated carbocycles. The van der Waals surface area contributed by atoms with Crippen molar-refractivity contribution in [2.24, 2.45) is 10.8 Å². The first-order valence-corrected chi connectivity index (χ1v) is 12.9. The predicted octanol–water partition coefficient (Wildman–Crippen LogP) is 6.35. The molecule has 40 heavy (non-hydrogen) atoms. The lowest BCUT2D eigenvalue weighted by atomic mass is 10.1. The molecule has 0 fully saturated rings. The maximum atomic E-state index is 12.9. The lowest BCUT2D eigenvalue weighted by Gasteiger charge is -2.17. The first kappa shape index (κ1) is 27.9. The zero-order chi connectivity index (χ0) is 28.3. The molecule has 0 aromatic heterocycles. The van der Waals surface area contributed by atoms with Crippen molar-refractivity contribution in [3.05, 3.63) is 144 Å². The maximum Gasteiger partial charge on any atom is 0.265 e. The van der Waals surface area contributed by atoms with Gasteiger partial charge in [-0.1, -0.05) is 72.8 Å². The van der Waals surface area contributed by atoms with Gasteiger partial charge in [-0.3, -0.25) is 9.79 Å². The number of amidine groups is 1. The van der Waals surface area contributed by atoms with Crippen molar-refractivity contribution in [3.63, 3.8) is 0 Å². The number of hydrazine groups is 1. The third-order valence-corrected chi connectivity index (χ3v) is 5.97. The van der Waals surface area contributed by atoms with E-state index in [1.165, 1.54) is 6.08 Å². The number of rotatable bonds is 10. The van der Waals surface area contributed by atoms with Crippen molar-refractivity contribution in [3.8, 4) is 11.5 Å². The van der Waals surface area contributed by atoms with Gasteiger partial charge in [0.1, 0.15) is 17.3 Å². The second kappa shape index (κ2) is 13.6. The van der Waals surface area contributed by atoms with Gasteiger partial charge in [-0.2, -0.15) is 0 Å². The summed E-state index contributed by atoms with van der Waals surface area (Å²) in [5.74, 6) is 7.75. The summed E-state index contributed by atoms with van der Waals surface area (Å²) in [7, 11) is 0. The Morgan fingerprint density at radius 1 is 0.900 bits per heavy atom. The van der Waals surface area contributed by atoms with Crippen LogP contribution >= 0.6 is 0 Å². The topological polar surface area (TPSA) is 106 Å². The summed E-state index contributed by atoms with van der Waals surface area (Å²) in [6, 6.07) is 34.0. The van der Waals surface area contributed by atoms with E-state index in [-0.39, 0.29) is 5.91 Å². The second-order valence-electron chi connectivity index (χ2n) is 9.25. The molecule has 0 bridgehead atoms. The van der Waals surface area contributed by atoms with Crippen molar-refractivity contribution in [1.29, 1.82) is 0 Å². The summed E-state index contributed by atoms with van der Waals surface area (Å²) in [5, 5.41) is 4.40. The lowest BCUT2D eigenvalue weighted by Crippen LogP contribution is -2.36. The van der Waals surface area contributed by atoms with Crippen LogP contribution in [0.5, 0.6) is 11.5 Å². The maximum absolute atomic E-state index is 12.9. The molecule has 0 aliphatic heterocycles. The number of ether oxygens (including phenoxy) is 1. The largest absolute Gasteiger partial charge is 0.457 e. The molecule has 1 amide bonds. The Morgan fingerprint density at radius 3 is 2.17 bits per heavy atom. The molecule has 202 valence electrons. The Labute approximate surface area is 235 Å². The summed E-state index contributed by atoms with van der Waals surface area (Å²) in [6.45, 7) is 6.49. The summed E-state index contributed by atoms with van der Waals surface area (Å²) < 4.78 is 5.80. The zero-order valence-corrected chi connectivity index (χ0v) is 22.5. The van der Waals surface area contributed by atoms with Crippen LogP contribution in [0.3, 0.4) is 0 Å². The second-order valence-corrected chi connectivity index (χ2v) is 9.25. The monoisotopic (exact) mass is 531 g/mol. The Bertz CT molecular complexity index is 1500. The van der Waals surface area contributed by atoms with Crippen LogP contribution in [0.4, 0.5) is 11.4 Å². The molecule has 7 nitrogen and oxygen atoms in total. The number of nitrogens with two attached hydrogens (primary N) is 2. The van der Waals surface area contributed by atoms with Gasteiger partial charge in [0.05, 0.1) is 12.2 Å². The van der Waals surface area contributed by atoms with E-state index >= 15 is 0 Å². The molecule has 0 aliphatic rings. The molecule has 0 unspecified atom stereocenters. The van der Waals surface area contributed by atoms with Gasteiger partial charge in [0.2, 0.25) is 0 Å². The van der Waals surface area contributed by atoms with Gasteiger partial charge >= 0.3 is 0 Å². The Hall–Kier alpha value is -5.14. The molecule has 4 aromatic carbocycles. The quantitative estimate of drug-likeness (QED) is 0.0420. The van der Waals surface area contributed by atoms with Gasteiger partial charge in [-0.05, 0) is 61.0 Å². The van der Waals surface area contributed by atoms with E-state index < -0.39 is 0 Å². The Kier molecular flexibility index (Phi) is 9.48. The summed E-state index contributed by atoms with van der Waals surface area (Å²) in [5.41, 5.74) is 10.7. The molecule has 0 aliphatic carbocycles.